The predicted octanol–water partition coefficient (Wildman–Crippen LogP) is 3.75. The van der Waals surface area contributed by atoms with E-state index in [1.54, 1.807) is 0 Å². The largest absolute Gasteiger partial charge is 0.382 e. The molecule has 1 N–H and O–H groups in total. The number of carbonyl (C=O) groups is 1. The molecule has 2 aromatic carbocycles. The minimum atomic E-state index is -0.0241. The van der Waals surface area contributed by atoms with Crippen LogP contribution in [-0.2, 0) is 16.1 Å². The quantitative estimate of drug-likeness (QED) is 0.589. The number of amides is 1. The second kappa shape index (κ2) is 9.69. The van der Waals surface area contributed by atoms with Gasteiger partial charge in [0, 0.05) is 19.8 Å². The molecule has 0 saturated heterocycles. The lowest BCUT2D eigenvalue weighted by molar-refractivity contribution is -0.121. The highest BCUT2D eigenvalue weighted by molar-refractivity contribution is 5.83. The SMILES string of the molecule is CCOCCCNC(=O)Cn1c(/C=C/c2ccccc2)nc2ccccc21. The van der Waals surface area contributed by atoms with E-state index in [1.165, 1.54) is 0 Å². The van der Waals surface area contributed by atoms with Crippen LogP contribution in [0.5, 0.6) is 0 Å². The lowest BCUT2D eigenvalue weighted by Gasteiger charge is -2.09. The molecule has 0 fully saturated rings. The molecule has 3 rings (SSSR count). The zero-order valence-electron chi connectivity index (χ0n) is 15.6. The van der Waals surface area contributed by atoms with Crippen molar-refractivity contribution in [1.29, 1.82) is 0 Å². The molecule has 5 heteroatoms. The molecule has 0 radical (unpaired) electrons. The standard InChI is InChI=1S/C22H25N3O2/c1-2-27-16-8-15-23-22(26)17-25-20-12-7-6-11-19(20)24-21(25)14-13-18-9-4-3-5-10-18/h3-7,9-14H,2,8,15-17H2,1H3,(H,23,26)/b14-13+. The van der Waals surface area contributed by atoms with E-state index in [1.807, 2.05) is 78.2 Å². The summed E-state index contributed by atoms with van der Waals surface area (Å²) in [6.45, 7) is 4.18. The van der Waals surface area contributed by atoms with Gasteiger partial charge in [-0.3, -0.25) is 4.79 Å². The fraction of sp³-hybridized carbons (Fsp3) is 0.273. The molecule has 0 aliphatic heterocycles. The monoisotopic (exact) mass is 363 g/mol. The Morgan fingerprint density at radius 3 is 2.70 bits per heavy atom. The van der Waals surface area contributed by atoms with Crippen molar-refractivity contribution in [3.8, 4) is 0 Å². The number of imidazole rings is 1. The number of nitrogens with zero attached hydrogens (tertiary/aromatic N) is 2. The Morgan fingerprint density at radius 1 is 1.11 bits per heavy atom. The van der Waals surface area contributed by atoms with Gasteiger partial charge in [0.1, 0.15) is 12.4 Å². The summed E-state index contributed by atoms with van der Waals surface area (Å²) in [4.78, 5) is 17.1. The topological polar surface area (TPSA) is 56.1 Å². The summed E-state index contributed by atoms with van der Waals surface area (Å²) in [6.07, 6.45) is 4.78. The Hall–Kier alpha value is -2.92. The van der Waals surface area contributed by atoms with Gasteiger partial charge < -0.3 is 14.6 Å². The highest BCUT2D eigenvalue weighted by atomic mass is 16.5. The van der Waals surface area contributed by atoms with E-state index in [9.17, 15) is 4.79 Å². The van der Waals surface area contributed by atoms with Gasteiger partial charge in [-0.15, -0.1) is 0 Å². The lowest BCUT2D eigenvalue weighted by Crippen LogP contribution is -2.29. The Balaban J connectivity index is 1.74. The minimum absolute atomic E-state index is 0.0241. The van der Waals surface area contributed by atoms with Crippen molar-refractivity contribution >= 4 is 29.1 Å². The van der Waals surface area contributed by atoms with Crippen molar-refractivity contribution in [3.05, 3.63) is 66.0 Å². The third-order valence-corrected chi connectivity index (χ3v) is 4.20. The Labute approximate surface area is 159 Å². The third kappa shape index (κ3) is 5.28. The maximum absolute atomic E-state index is 12.4. The summed E-state index contributed by atoms with van der Waals surface area (Å²) in [5.41, 5.74) is 2.93. The molecule has 0 bridgehead atoms. The number of benzene rings is 2. The van der Waals surface area contributed by atoms with E-state index in [-0.39, 0.29) is 12.5 Å². The van der Waals surface area contributed by atoms with Crippen LogP contribution in [0.1, 0.15) is 24.7 Å². The summed E-state index contributed by atoms with van der Waals surface area (Å²) in [5.74, 6) is 0.744. The van der Waals surface area contributed by atoms with Crippen molar-refractivity contribution in [3.63, 3.8) is 0 Å². The number of para-hydroxylation sites is 2. The van der Waals surface area contributed by atoms with Gasteiger partial charge in [-0.05, 0) is 37.1 Å². The minimum Gasteiger partial charge on any atom is -0.382 e. The van der Waals surface area contributed by atoms with Crippen LogP contribution in [0.4, 0.5) is 0 Å². The second-order valence-corrected chi connectivity index (χ2v) is 6.19. The Morgan fingerprint density at radius 2 is 1.89 bits per heavy atom. The van der Waals surface area contributed by atoms with Gasteiger partial charge in [0.05, 0.1) is 11.0 Å². The van der Waals surface area contributed by atoms with Crippen molar-refractivity contribution < 1.29 is 9.53 Å². The zero-order valence-corrected chi connectivity index (χ0v) is 15.6. The number of rotatable bonds is 9. The summed E-state index contributed by atoms with van der Waals surface area (Å²) in [5, 5.41) is 2.95. The van der Waals surface area contributed by atoms with Gasteiger partial charge in [-0.1, -0.05) is 48.5 Å². The molecule has 0 aliphatic carbocycles. The maximum atomic E-state index is 12.4. The van der Waals surface area contributed by atoms with E-state index in [0.29, 0.717) is 19.8 Å². The summed E-state index contributed by atoms with van der Waals surface area (Å²) in [6, 6.07) is 17.9. The molecule has 0 saturated carbocycles. The van der Waals surface area contributed by atoms with Gasteiger partial charge in [-0.25, -0.2) is 4.98 Å². The van der Waals surface area contributed by atoms with Gasteiger partial charge in [-0.2, -0.15) is 0 Å². The van der Waals surface area contributed by atoms with Crippen LogP contribution in [0.15, 0.2) is 54.6 Å². The number of fused-ring (bicyclic) bond motifs is 1. The van der Waals surface area contributed by atoms with Crippen molar-refractivity contribution in [2.45, 2.75) is 19.9 Å². The third-order valence-electron chi connectivity index (χ3n) is 4.20. The van der Waals surface area contributed by atoms with Crippen molar-refractivity contribution in [2.24, 2.45) is 0 Å². The van der Waals surface area contributed by atoms with Crippen LogP contribution in [0, 0.1) is 0 Å². The van der Waals surface area contributed by atoms with Crippen molar-refractivity contribution in [1.82, 2.24) is 14.9 Å². The molecule has 140 valence electrons. The first-order valence-electron chi connectivity index (χ1n) is 9.31. The van der Waals surface area contributed by atoms with Crippen LogP contribution in [0.2, 0.25) is 0 Å². The molecule has 0 atom stereocenters. The first kappa shape index (κ1) is 18.9. The molecular weight excluding hydrogens is 338 g/mol. The number of carbonyl (C=O) groups excluding carboxylic acids is 1. The molecule has 1 heterocycles. The van der Waals surface area contributed by atoms with Crippen LogP contribution in [0.3, 0.4) is 0 Å². The molecule has 0 unspecified atom stereocenters. The molecule has 3 aromatic rings. The average Bonchev–Trinajstić information content (AvgIpc) is 3.04. The van der Waals surface area contributed by atoms with Gasteiger partial charge in [0.2, 0.25) is 5.91 Å². The number of nitrogens with one attached hydrogen (secondary N) is 1. The maximum Gasteiger partial charge on any atom is 0.240 e. The average molecular weight is 363 g/mol. The van der Waals surface area contributed by atoms with Gasteiger partial charge >= 0.3 is 0 Å². The van der Waals surface area contributed by atoms with Crippen LogP contribution >= 0.6 is 0 Å². The van der Waals surface area contributed by atoms with Crippen LogP contribution in [-0.4, -0.2) is 35.2 Å². The first-order valence-corrected chi connectivity index (χ1v) is 9.31. The highest BCUT2D eigenvalue weighted by Crippen LogP contribution is 2.18. The molecule has 1 aromatic heterocycles. The highest BCUT2D eigenvalue weighted by Gasteiger charge is 2.11. The van der Waals surface area contributed by atoms with E-state index >= 15 is 0 Å². The molecular formula is C22H25N3O2. The first-order chi connectivity index (χ1) is 13.3. The van der Waals surface area contributed by atoms with E-state index < -0.39 is 0 Å². The van der Waals surface area contributed by atoms with E-state index in [4.69, 9.17) is 4.74 Å². The molecule has 0 spiro atoms. The number of aromatic nitrogens is 2. The molecule has 27 heavy (non-hydrogen) atoms. The normalized spacial score (nSPS) is 11.3. The fourth-order valence-corrected chi connectivity index (χ4v) is 2.87. The molecule has 1 amide bonds. The number of hydrogen-bond acceptors (Lipinski definition) is 3. The van der Waals surface area contributed by atoms with E-state index in [0.717, 1.165) is 28.8 Å². The predicted molar refractivity (Wildman–Crippen MR) is 109 cm³/mol. The smallest absolute Gasteiger partial charge is 0.240 e. The molecule has 5 nitrogen and oxygen atoms in total. The van der Waals surface area contributed by atoms with Crippen molar-refractivity contribution in [2.75, 3.05) is 19.8 Å². The Bertz CT molecular complexity index is 900. The second-order valence-electron chi connectivity index (χ2n) is 6.19. The van der Waals surface area contributed by atoms with Crippen LogP contribution < -0.4 is 5.32 Å². The number of hydrogen-bond donors (Lipinski definition) is 1. The molecule has 0 aliphatic rings. The summed E-state index contributed by atoms with van der Waals surface area (Å²) >= 11 is 0. The lowest BCUT2D eigenvalue weighted by atomic mass is 10.2. The summed E-state index contributed by atoms with van der Waals surface area (Å²) in [7, 11) is 0. The number of ether oxygens (including phenoxy) is 1. The summed E-state index contributed by atoms with van der Waals surface area (Å²) < 4.78 is 7.25. The fourth-order valence-electron chi connectivity index (χ4n) is 2.87. The zero-order chi connectivity index (χ0) is 18.9. The van der Waals surface area contributed by atoms with E-state index in [2.05, 4.69) is 10.3 Å². The van der Waals surface area contributed by atoms with Gasteiger partial charge in [0.15, 0.2) is 0 Å². The Kier molecular flexibility index (Phi) is 6.77. The van der Waals surface area contributed by atoms with Crippen LogP contribution in [0.25, 0.3) is 23.2 Å². The van der Waals surface area contributed by atoms with Gasteiger partial charge in [0.25, 0.3) is 0 Å².